The van der Waals surface area contributed by atoms with Gasteiger partial charge in [-0.15, -0.1) is 11.3 Å². The van der Waals surface area contributed by atoms with Crippen LogP contribution in [0.5, 0.6) is 0 Å². The van der Waals surface area contributed by atoms with Gasteiger partial charge in [0.1, 0.15) is 4.88 Å². The summed E-state index contributed by atoms with van der Waals surface area (Å²) in [6, 6.07) is 4.75. The summed E-state index contributed by atoms with van der Waals surface area (Å²) >= 11 is 1.31. The molecule has 2 aromatic rings. The fourth-order valence-electron chi connectivity index (χ4n) is 2.10. The maximum Gasteiger partial charge on any atom is 0.270 e. The number of aromatic nitrogens is 1. The van der Waals surface area contributed by atoms with Crippen molar-refractivity contribution in [1.82, 2.24) is 15.0 Å². The number of thiazole rings is 1. The van der Waals surface area contributed by atoms with Crippen LogP contribution in [-0.4, -0.2) is 37.3 Å². The highest BCUT2D eigenvalue weighted by atomic mass is 32.2. The Bertz CT molecular complexity index is 924. The molecule has 1 amide bonds. The fraction of sp³-hybridized carbons (Fsp3) is 0.333. The van der Waals surface area contributed by atoms with Crippen molar-refractivity contribution in [2.45, 2.75) is 25.2 Å². The molecule has 0 aliphatic heterocycles. The summed E-state index contributed by atoms with van der Waals surface area (Å²) < 4.78 is 26.6. The van der Waals surface area contributed by atoms with Crippen LogP contribution in [0, 0.1) is 17.0 Å². The molecule has 1 aromatic carbocycles. The second kappa shape index (κ2) is 8.34. The van der Waals surface area contributed by atoms with Gasteiger partial charge in [0.25, 0.3) is 11.6 Å². The third-order valence-corrected chi connectivity index (χ3v) is 6.15. The van der Waals surface area contributed by atoms with Crippen LogP contribution >= 0.6 is 11.3 Å². The lowest BCUT2D eigenvalue weighted by Gasteiger charge is -2.07. The van der Waals surface area contributed by atoms with Crippen molar-refractivity contribution in [1.29, 1.82) is 0 Å². The Balaban J connectivity index is 1.92. The molecular formula is C15H18N4O5S2. The van der Waals surface area contributed by atoms with Gasteiger partial charge in [0.15, 0.2) is 0 Å². The molecule has 26 heavy (non-hydrogen) atoms. The van der Waals surface area contributed by atoms with Gasteiger partial charge in [-0.1, -0.05) is 13.0 Å². The Hall–Kier alpha value is -2.37. The van der Waals surface area contributed by atoms with E-state index < -0.39 is 14.9 Å². The smallest absolute Gasteiger partial charge is 0.270 e. The van der Waals surface area contributed by atoms with Gasteiger partial charge in [0.2, 0.25) is 10.0 Å². The van der Waals surface area contributed by atoms with Crippen molar-refractivity contribution in [3.63, 3.8) is 0 Å². The number of benzene rings is 1. The van der Waals surface area contributed by atoms with Gasteiger partial charge in [-0.25, -0.2) is 18.1 Å². The first-order chi connectivity index (χ1) is 12.2. The zero-order valence-electron chi connectivity index (χ0n) is 14.2. The molecule has 11 heteroatoms. The molecule has 2 N–H and O–H groups in total. The summed E-state index contributed by atoms with van der Waals surface area (Å²) in [6.45, 7) is 3.72. The number of rotatable bonds is 8. The Kier molecular flexibility index (Phi) is 6.40. The molecule has 0 bridgehead atoms. The number of non-ortho nitro benzene ring substituents is 1. The molecule has 1 heterocycles. The van der Waals surface area contributed by atoms with Gasteiger partial charge >= 0.3 is 0 Å². The van der Waals surface area contributed by atoms with Crippen molar-refractivity contribution >= 4 is 33.0 Å². The first-order valence-corrected chi connectivity index (χ1v) is 10.0. The number of hydrogen-bond donors (Lipinski definition) is 2. The lowest BCUT2D eigenvalue weighted by atomic mass is 10.3. The van der Waals surface area contributed by atoms with Gasteiger partial charge < -0.3 is 5.32 Å². The lowest BCUT2D eigenvalue weighted by molar-refractivity contribution is -0.385. The van der Waals surface area contributed by atoms with Gasteiger partial charge in [-0.05, 0) is 19.4 Å². The molecule has 0 aliphatic rings. The fourth-order valence-corrected chi connectivity index (χ4v) is 4.10. The van der Waals surface area contributed by atoms with E-state index in [1.54, 1.807) is 6.92 Å². The average Bonchev–Trinajstić information content (AvgIpc) is 2.99. The Morgan fingerprint density at radius 2 is 2.08 bits per heavy atom. The van der Waals surface area contributed by atoms with E-state index >= 15 is 0 Å². The lowest BCUT2D eigenvalue weighted by Crippen LogP contribution is -2.34. The number of nitrogens with zero attached hydrogens (tertiary/aromatic N) is 2. The van der Waals surface area contributed by atoms with E-state index in [0.29, 0.717) is 10.6 Å². The Morgan fingerprint density at radius 3 is 2.69 bits per heavy atom. The number of amides is 1. The maximum absolute atomic E-state index is 12.2. The molecule has 1 aromatic heterocycles. The molecule has 0 unspecified atom stereocenters. The van der Waals surface area contributed by atoms with E-state index in [4.69, 9.17) is 0 Å². The molecule has 0 saturated carbocycles. The van der Waals surface area contributed by atoms with E-state index in [1.807, 2.05) is 6.92 Å². The first-order valence-electron chi connectivity index (χ1n) is 7.73. The molecule has 0 spiro atoms. The van der Waals surface area contributed by atoms with Crippen LogP contribution in [0.1, 0.15) is 27.3 Å². The number of hydrogen-bond acceptors (Lipinski definition) is 7. The van der Waals surface area contributed by atoms with Gasteiger partial charge in [0.05, 0.1) is 20.5 Å². The van der Waals surface area contributed by atoms with Crippen LogP contribution in [0.3, 0.4) is 0 Å². The van der Waals surface area contributed by atoms with E-state index in [9.17, 15) is 23.3 Å². The zero-order chi connectivity index (χ0) is 19.3. The normalized spacial score (nSPS) is 11.3. The Labute approximate surface area is 154 Å². The highest BCUT2D eigenvalue weighted by Gasteiger charge is 2.18. The number of sulfonamides is 1. The van der Waals surface area contributed by atoms with Gasteiger partial charge in [0, 0.05) is 25.2 Å². The van der Waals surface area contributed by atoms with Crippen molar-refractivity contribution in [3.8, 4) is 0 Å². The standard InChI is InChI=1S/C15H18N4O5S2/c1-3-13-18-10(2)14(25-13)15(20)16-7-8-17-26(23,24)12-6-4-5-11(9-12)19(21)22/h4-6,9,17H,3,7-8H2,1-2H3,(H,16,20). The summed E-state index contributed by atoms with van der Waals surface area (Å²) in [7, 11) is -3.90. The third kappa shape index (κ3) is 4.84. The minimum atomic E-state index is -3.90. The van der Waals surface area contributed by atoms with Crippen molar-refractivity contribution in [3.05, 3.63) is 50.0 Å². The Morgan fingerprint density at radius 1 is 1.35 bits per heavy atom. The van der Waals surface area contributed by atoms with Crippen LogP contribution in [-0.2, 0) is 16.4 Å². The second-order valence-corrected chi connectivity index (χ2v) is 8.13. The summed E-state index contributed by atoms with van der Waals surface area (Å²) in [4.78, 5) is 26.8. The quantitative estimate of drug-likeness (QED) is 0.395. The second-order valence-electron chi connectivity index (χ2n) is 5.28. The van der Waals surface area contributed by atoms with E-state index in [2.05, 4.69) is 15.0 Å². The maximum atomic E-state index is 12.2. The predicted molar refractivity (Wildman–Crippen MR) is 96.8 cm³/mol. The highest BCUT2D eigenvalue weighted by Crippen LogP contribution is 2.18. The van der Waals surface area contributed by atoms with Crippen molar-refractivity contribution in [2.24, 2.45) is 0 Å². The number of carbonyl (C=O) groups excluding carboxylic acids is 1. The van der Waals surface area contributed by atoms with Gasteiger partial charge in [-0.2, -0.15) is 0 Å². The molecule has 9 nitrogen and oxygen atoms in total. The SMILES string of the molecule is CCc1nc(C)c(C(=O)NCCNS(=O)(=O)c2cccc([N+](=O)[O-])c2)s1. The zero-order valence-corrected chi connectivity index (χ0v) is 15.8. The third-order valence-electron chi connectivity index (χ3n) is 3.39. The first kappa shape index (κ1) is 19.9. The number of nitro groups is 1. The predicted octanol–water partition coefficient (Wildman–Crippen LogP) is 1.63. The van der Waals surface area contributed by atoms with Crippen LogP contribution in [0.25, 0.3) is 0 Å². The van der Waals surface area contributed by atoms with Crippen LogP contribution < -0.4 is 10.0 Å². The minimum absolute atomic E-state index is 0.0464. The molecule has 140 valence electrons. The number of carbonyl (C=O) groups is 1. The van der Waals surface area contributed by atoms with Crippen LogP contribution in [0.2, 0.25) is 0 Å². The summed E-state index contributed by atoms with van der Waals surface area (Å²) in [5.41, 5.74) is 0.329. The summed E-state index contributed by atoms with van der Waals surface area (Å²) in [5.74, 6) is -0.311. The topological polar surface area (TPSA) is 131 Å². The average molecular weight is 398 g/mol. The molecule has 0 radical (unpaired) electrons. The van der Waals surface area contributed by atoms with Crippen molar-refractivity contribution < 1.29 is 18.1 Å². The minimum Gasteiger partial charge on any atom is -0.350 e. The number of nitro benzene ring substituents is 1. The van der Waals surface area contributed by atoms with Crippen LogP contribution in [0.15, 0.2) is 29.2 Å². The molecule has 2 rings (SSSR count). The van der Waals surface area contributed by atoms with Crippen molar-refractivity contribution in [2.75, 3.05) is 13.1 Å². The molecule has 0 saturated heterocycles. The van der Waals surface area contributed by atoms with Crippen LogP contribution in [0.4, 0.5) is 5.69 Å². The van der Waals surface area contributed by atoms with Gasteiger partial charge in [-0.3, -0.25) is 14.9 Å². The molecule has 0 fully saturated rings. The summed E-state index contributed by atoms with van der Waals surface area (Å²) in [6.07, 6.45) is 0.738. The molecule has 0 aliphatic carbocycles. The monoisotopic (exact) mass is 398 g/mol. The van der Waals surface area contributed by atoms with E-state index in [1.165, 1.54) is 29.5 Å². The number of nitrogens with one attached hydrogen (secondary N) is 2. The highest BCUT2D eigenvalue weighted by molar-refractivity contribution is 7.89. The van der Waals surface area contributed by atoms with E-state index in [-0.39, 0.29) is 29.6 Å². The molecular weight excluding hydrogens is 380 g/mol. The largest absolute Gasteiger partial charge is 0.350 e. The molecule has 0 atom stereocenters. The van der Waals surface area contributed by atoms with E-state index in [0.717, 1.165) is 17.5 Å². The number of aryl methyl sites for hydroxylation is 2. The summed E-state index contributed by atoms with van der Waals surface area (Å²) in [5, 5.41) is 14.2.